The van der Waals surface area contributed by atoms with Crippen molar-refractivity contribution in [3.8, 4) is 0 Å². The molecule has 2 rings (SSSR count). The van der Waals surface area contributed by atoms with Gasteiger partial charge in [0.25, 0.3) is 5.91 Å². The van der Waals surface area contributed by atoms with Gasteiger partial charge in [-0.1, -0.05) is 17.7 Å². The number of pyridine rings is 1. The summed E-state index contributed by atoms with van der Waals surface area (Å²) >= 11 is 9.07. The van der Waals surface area contributed by atoms with Gasteiger partial charge in [0, 0.05) is 0 Å². The number of amides is 1. The van der Waals surface area contributed by atoms with E-state index in [1.165, 1.54) is 0 Å². The highest BCUT2D eigenvalue weighted by atomic mass is 79.9. The maximum Gasteiger partial charge on any atom is 0.257 e. The molecule has 0 aliphatic heterocycles. The molecule has 0 fully saturated rings. The molecule has 4 nitrogen and oxygen atoms in total. The molecule has 2 aromatic rings. The molecule has 0 bridgehead atoms. The fraction of sp³-hybridized carbons (Fsp3) is 0. The molecule has 1 aromatic heterocycles. The second kappa shape index (κ2) is 5.37. The number of anilines is 2. The molecule has 0 unspecified atom stereocenters. The lowest BCUT2D eigenvalue weighted by molar-refractivity contribution is 0.102. The number of nitrogens with zero attached hydrogens (tertiary/aromatic N) is 1. The fourth-order valence-electron chi connectivity index (χ4n) is 1.38. The van der Waals surface area contributed by atoms with Crippen molar-refractivity contribution in [2.75, 3.05) is 11.1 Å². The van der Waals surface area contributed by atoms with E-state index in [1.807, 2.05) is 0 Å². The number of rotatable bonds is 2. The summed E-state index contributed by atoms with van der Waals surface area (Å²) in [7, 11) is 0. The molecule has 0 saturated heterocycles. The van der Waals surface area contributed by atoms with Crippen LogP contribution in [0.1, 0.15) is 10.4 Å². The number of halogens is 2. The minimum absolute atomic E-state index is 0.265. The summed E-state index contributed by atoms with van der Waals surface area (Å²) in [5.41, 5.74) is 6.93. The zero-order chi connectivity index (χ0) is 13.1. The maximum atomic E-state index is 12.0. The summed E-state index contributed by atoms with van der Waals surface area (Å²) in [6.07, 6.45) is 1.54. The fourth-order valence-corrected chi connectivity index (χ4v) is 1.79. The Labute approximate surface area is 117 Å². The van der Waals surface area contributed by atoms with E-state index in [9.17, 15) is 4.79 Å². The normalized spacial score (nSPS) is 10.1. The lowest BCUT2D eigenvalue weighted by Gasteiger charge is -2.08. The summed E-state index contributed by atoms with van der Waals surface area (Å²) in [4.78, 5) is 16.0. The van der Waals surface area contributed by atoms with Gasteiger partial charge in [0.1, 0.15) is 4.60 Å². The van der Waals surface area contributed by atoms with Crippen LogP contribution < -0.4 is 11.1 Å². The molecule has 92 valence electrons. The van der Waals surface area contributed by atoms with Gasteiger partial charge in [-0.05, 0) is 40.2 Å². The summed E-state index contributed by atoms with van der Waals surface area (Å²) < 4.78 is 0.697. The van der Waals surface area contributed by atoms with E-state index in [-0.39, 0.29) is 11.6 Å². The minimum atomic E-state index is -0.320. The smallest absolute Gasteiger partial charge is 0.257 e. The molecule has 1 heterocycles. The molecule has 0 atom stereocenters. The average Bonchev–Trinajstić information content (AvgIpc) is 2.35. The Morgan fingerprint density at radius 1 is 1.33 bits per heavy atom. The number of nitrogen functional groups attached to an aromatic ring is 1. The standard InChI is InChI=1S/C12H9BrClN3O/c13-10-5-4-7(6-16-10)17-12(18)8-2-1-3-9(14)11(8)15/h1-6H,15H2,(H,17,18). The van der Waals surface area contributed by atoms with Crippen molar-refractivity contribution >= 4 is 44.8 Å². The molecule has 0 aliphatic carbocycles. The first-order chi connectivity index (χ1) is 8.58. The molecule has 0 radical (unpaired) electrons. The average molecular weight is 327 g/mol. The summed E-state index contributed by atoms with van der Waals surface area (Å²) in [6, 6.07) is 8.39. The van der Waals surface area contributed by atoms with Gasteiger partial charge in [-0.25, -0.2) is 4.98 Å². The van der Waals surface area contributed by atoms with Gasteiger partial charge >= 0.3 is 0 Å². The van der Waals surface area contributed by atoms with E-state index < -0.39 is 0 Å². The van der Waals surface area contributed by atoms with E-state index in [0.717, 1.165) is 0 Å². The Bertz CT molecular complexity index is 586. The predicted octanol–water partition coefficient (Wildman–Crippen LogP) is 3.33. The molecule has 3 N–H and O–H groups in total. The van der Waals surface area contributed by atoms with Crippen LogP contribution in [0.25, 0.3) is 0 Å². The quantitative estimate of drug-likeness (QED) is 0.657. The van der Waals surface area contributed by atoms with Crippen molar-refractivity contribution in [2.45, 2.75) is 0 Å². The zero-order valence-corrected chi connectivity index (χ0v) is 11.5. The number of hydrogen-bond donors (Lipinski definition) is 2. The van der Waals surface area contributed by atoms with Crippen LogP contribution in [0.4, 0.5) is 11.4 Å². The van der Waals surface area contributed by atoms with Crippen LogP contribution in [0.5, 0.6) is 0 Å². The van der Waals surface area contributed by atoms with Crippen LogP contribution in [0.3, 0.4) is 0 Å². The van der Waals surface area contributed by atoms with Crippen molar-refractivity contribution in [3.63, 3.8) is 0 Å². The monoisotopic (exact) mass is 325 g/mol. The maximum absolute atomic E-state index is 12.0. The van der Waals surface area contributed by atoms with E-state index in [4.69, 9.17) is 17.3 Å². The van der Waals surface area contributed by atoms with E-state index >= 15 is 0 Å². The largest absolute Gasteiger partial charge is 0.397 e. The highest BCUT2D eigenvalue weighted by Gasteiger charge is 2.11. The number of nitrogens with one attached hydrogen (secondary N) is 1. The summed E-state index contributed by atoms with van der Waals surface area (Å²) in [5, 5.41) is 3.05. The Morgan fingerprint density at radius 2 is 2.11 bits per heavy atom. The van der Waals surface area contributed by atoms with Crippen molar-refractivity contribution in [2.24, 2.45) is 0 Å². The number of aromatic nitrogens is 1. The number of carbonyl (C=O) groups is 1. The van der Waals surface area contributed by atoms with Gasteiger partial charge in [0.05, 0.1) is 28.2 Å². The first-order valence-electron chi connectivity index (χ1n) is 5.05. The Morgan fingerprint density at radius 3 is 2.78 bits per heavy atom. The van der Waals surface area contributed by atoms with Crippen molar-refractivity contribution in [3.05, 3.63) is 51.7 Å². The molecule has 1 aromatic carbocycles. The molecule has 6 heteroatoms. The molecular formula is C12H9BrClN3O. The summed E-state index contributed by atoms with van der Waals surface area (Å²) in [6.45, 7) is 0. The van der Waals surface area contributed by atoms with Crippen LogP contribution in [-0.4, -0.2) is 10.9 Å². The number of para-hydroxylation sites is 1. The second-order valence-electron chi connectivity index (χ2n) is 3.52. The molecule has 0 saturated carbocycles. The van der Waals surface area contributed by atoms with E-state index in [1.54, 1.807) is 36.5 Å². The van der Waals surface area contributed by atoms with Crippen molar-refractivity contribution in [1.29, 1.82) is 0 Å². The highest BCUT2D eigenvalue weighted by molar-refractivity contribution is 9.10. The van der Waals surface area contributed by atoms with E-state index in [0.29, 0.717) is 20.9 Å². The number of carbonyl (C=O) groups excluding carboxylic acids is 1. The minimum Gasteiger partial charge on any atom is -0.397 e. The lowest BCUT2D eigenvalue weighted by Crippen LogP contribution is -2.14. The van der Waals surface area contributed by atoms with Gasteiger partial charge < -0.3 is 11.1 Å². The van der Waals surface area contributed by atoms with Crippen molar-refractivity contribution in [1.82, 2.24) is 4.98 Å². The molecular weight excluding hydrogens is 318 g/mol. The van der Waals surface area contributed by atoms with Crippen LogP contribution in [0.15, 0.2) is 41.1 Å². The van der Waals surface area contributed by atoms with Gasteiger partial charge in [-0.2, -0.15) is 0 Å². The number of nitrogens with two attached hydrogens (primary N) is 1. The first kappa shape index (κ1) is 12.9. The second-order valence-corrected chi connectivity index (χ2v) is 4.74. The van der Waals surface area contributed by atoms with Crippen LogP contribution in [0, 0.1) is 0 Å². The zero-order valence-electron chi connectivity index (χ0n) is 9.15. The predicted molar refractivity (Wildman–Crippen MR) is 75.8 cm³/mol. The number of benzene rings is 1. The molecule has 0 aliphatic rings. The Kier molecular flexibility index (Phi) is 3.84. The molecule has 18 heavy (non-hydrogen) atoms. The van der Waals surface area contributed by atoms with Gasteiger partial charge in [-0.15, -0.1) is 0 Å². The van der Waals surface area contributed by atoms with Crippen molar-refractivity contribution < 1.29 is 4.79 Å². The Hall–Kier alpha value is -1.59. The molecule has 0 spiro atoms. The third-order valence-corrected chi connectivity index (χ3v) is 3.08. The third kappa shape index (κ3) is 2.80. The van der Waals surface area contributed by atoms with Gasteiger partial charge in [-0.3, -0.25) is 4.79 Å². The van der Waals surface area contributed by atoms with Crippen LogP contribution in [-0.2, 0) is 0 Å². The SMILES string of the molecule is Nc1c(Cl)cccc1C(=O)Nc1ccc(Br)nc1. The highest BCUT2D eigenvalue weighted by Crippen LogP contribution is 2.23. The number of hydrogen-bond acceptors (Lipinski definition) is 3. The first-order valence-corrected chi connectivity index (χ1v) is 6.22. The third-order valence-electron chi connectivity index (χ3n) is 2.28. The Balaban J connectivity index is 2.22. The summed E-state index contributed by atoms with van der Waals surface area (Å²) in [5.74, 6) is -0.320. The van der Waals surface area contributed by atoms with Crippen LogP contribution in [0.2, 0.25) is 5.02 Å². The lowest BCUT2D eigenvalue weighted by atomic mass is 10.1. The topological polar surface area (TPSA) is 68.0 Å². The van der Waals surface area contributed by atoms with Crippen LogP contribution >= 0.6 is 27.5 Å². The van der Waals surface area contributed by atoms with E-state index in [2.05, 4.69) is 26.2 Å². The van der Waals surface area contributed by atoms with Gasteiger partial charge in [0.2, 0.25) is 0 Å². The van der Waals surface area contributed by atoms with Gasteiger partial charge in [0.15, 0.2) is 0 Å². The molecule has 1 amide bonds.